The molecular formula is C10H19NO2. The molecule has 0 N–H and O–H groups in total. The molecule has 13 heavy (non-hydrogen) atoms. The van der Waals surface area contributed by atoms with Gasteiger partial charge in [-0.05, 0) is 33.4 Å². The van der Waals surface area contributed by atoms with Gasteiger partial charge in [-0.1, -0.05) is 0 Å². The molecule has 2 rings (SSSR count). The average molecular weight is 185 g/mol. The molecule has 2 saturated heterocycles. The lowest BCUT2D eigenvalue weighted by molar-refractivity contribution is -0.305. The van der Waals surface area contributed by atoms with Crippen molar-refractivity contribution in [2.24, 2.45) is 0 Å². The van der Waals surface area contributed by atoms with Crippen molar-refractivity contribution in [3.63, 3.8) is 0 Å². The lowest BCUT2D eigenvalue weighted by atomic mass is 10.0. The Morgan fingerprint density at radius 3 is 3.00 bits per heavy atom. The van der Waals surface area contributed by atoms with Gasteiger partial charge in [-0.2, -0.15) is 0 Å². The van der Waals surface area contributed by atoms with Gasteiger partial charge in [0.05, 0.1) is 19.3 Å². The minimum absolute atomic E-state index is 0.273. The number of likely N-dealkylation sites (tertiary alicyclic amines) is 1. The molecule has 3 heteroatoms. The molecule has 0 aromatic heterocycles. The number of likely N-dealkylation sites (N-methyl/N-ethyl adjacent to an activating group) is 1. The summed E-state index contributed by atoms with van der Waals surface area (Å²) < 4.78 is 11.7. The Balaban J connectivity index is 2.00. The summed E-state index contributed by atoms with van der Waals surface area (Å²) in [6, 6.07) is 0. The van der Waals surface area contributed by atoms with Crippen LogP contribution < -0.4 is 0 Å². The van der Waals surface area contributed by atoms with E-state index in [-0.39, 0.29) is 5.79 Å². The van der Waals surface area contributed by atoms with E-state index >= 15 is 0 Å². The highest BCUT2D eigenvalue weighted by molar-refractivity contribution is 4.83. The monoisotopic (exact) mass is 185 g/mol. The number of hydrogen-bond acceptors (Lipinski definition) is 3. The SMILES string of the molecule is CC1CCOC2(CCCN(C)C2)O1. The Hall–Kier alpha value is -0.120. The minimum atomic E-state index is -0.273. The third-order valence-electron chi connectivity index (χ3n) is 2.91. The van der Waals surface area contributed by atoms with E-state index in [1.807, 2.05) is 0 Å². The summed E-state index contributed by atoms with van der Waals surface area (Å²) in [5, 5.41) is 0. The Morgan fingerprint density at radius 1 is 1.46 bits per heavy atom. The molecule has 0 aromatic rings. The first-order valence-electron chi connectivity index (χ1n) is 5.21. The zero-order valence-corrected chi connectivity index (χ0v) is 8.58. The molecule has 0 radical (unpaired) electrons. The van der Waals surface area contributed by atoms with Crippen LogP contribution in [0.3, 0.4) is 0 Å². The Bertz CT molecular complexity index is 164. The van der Waals surface area contributed by atoms with Gasteiger partial charge in [0.25, 0.3) is 0 Å². The van der Waals surface area contributed by atoms with Crippen LogP contribution in [0.25, 0.3) is 0 Å². The quantitative estimate of drug-likeness (QED) is 0.566. The van der Waals surface area contributed by atoms with Crippen molar-refractivity contribution < 1.29 is 9.47 Å². The first-order valence-corrected chi connectivity index (χ1v) is 5.21. The third kappa shape index (κ3) is 2.03. The molecule has 3 nitrogen and oxygen atoms in total. The second kappa shape index (κ2) is 3.56. The van der Waals surface area contributed by atoms with Crippen molar-refractivity contribution in [3.8, 4) is 0 Å². The number of hydrogen-bond donors (Lipinski definition) is 0. The highest BCUT2D eigenvalue weighted by Crippen LogP contribution is 2.31. The Labute approximate surface area is 80.0 Å². The fourth-order valence-electron chi connectivity index (χ4n) is 2.27. The normalized spacial score (nSPS) is 42.5. The van der Waals surface area contributed by atoms with Gasteiger partial charge >= 0.3 is 0 Å². The first kappa shape index (κ1) is 9.44. The van der Waals surface area contributed by atoms with E-state index in [0.29, 0.717) is 6.10 Å². The number of rotatable bonds is 0. The first-order chi connectivity index (χ1) is 6.20. The predicted octanol–water partition coefficient (Wildman–Crippen LogP) is 1.23. The number of nitrogens with zero attached hydrogens (tertiary/aromatic N) is 1. The molecule has 2 fully saturated rings. The van der Waals surface area contributed by atoms with Crippen molar-refractivity contribution in [2.45, 2.75) is 38.1 Å². The molecule has 0 aromatic carbocycles. The summed E-state index contributed by atoms with van der Waals surface area (Å²) in [6.45, 7) is 5.09. The van der Waals surface area contributed by atoms with Crippen molar-refractivity contribution >= 4 is 0 Å². The molecule has 2 heterocycles. The van der Waals surface area contributed by atoms with E-state index in [9.17, 15) is 0 Å². The summed E-state index contributed by atoms with van der Waals surface area (Å²) in [5.41, 5.74) is 0. The van der Waals surface area contributed by atoms with E-state index in [1.54, 1.807) is 0 Å². The van der Waals surface area contributed by atoms with Crippen molar-refractivity contribution in [3.05, 3.63) is 0 Å². The lowest BCUT2D eigenvalue weighted by Crippen LogP contribution is -2.54. The second-order valence-electron chi connectivity index (χ2n) is 4.32. The molecule has 0 saturated carbocycles. The molecule has 0 amide bonds. The third-order valence-corrected chi connectivity index (χ3v) is 2.91. The van der Waals surface area contributed by atoms with E-state index < -0.39 is 0 Å². The van der Waals surface area contributed by atoms with Gasteiger partial charge in [-0.15, -0.1) is 0 Å². The van der Waals surface area contributed by atoms with Gasteiger partial charge in [0.2, 0.25) is 0 Å². The zero-order valence-electron chi connectivity index (χ0n) is 8.58. The average Bonchev–Trinajstić information content (AvgIpc) is 2.02. The van der Waals surface area contributed by atoms with Crippen LogP contribution in [-0.2, 0) is 9.47 Å². The molecule has 0 bridgehead atoms. The maximum Gasteiger partial charge on any atom is 0.181 e. The second-order valence-corrected chi connectivity index (χ2v) is 4.32. The Morgan fingerprint density at radius 2 is 2.31 bits per heavy atom. The van der Waals surface area contributed by atoms with E-state index in [0.717, 1.165) is 26.0 Å². The standard InChI is InChI=1S/C10H19NO2/c1-9-4-7-12-10(13-9)5-3-6-11(2)8-10/h9H,3-8H2,1-2H3. The van der Waals surface area contributed by atoms with Crippen LogP contribution in [0.5, 0.6) is 0 Å². The van der Waals surface area contributed by atoms with E-state index in [4.69, 9.17) is 9.47 Å². The molecular weight excluding hydrogens is 166 g/mol. The summed E-state index contributed by atoms with van der Waals surface area (Å²) >= 11 is 0. The smallest absolute Gasteiger partial charge is 0.181 e. The molecule has 2 aliphatic rings. The molecule has 2 aliphatic heterocycles. The largest absolute Gasteiger partial charge is 0.349 e. The summed E-state index contributed by atoms with van der Waals surface area (Å²) in [5.74, 6) is -0.273. The highest BCUT2D eigenvalue weighted by Gasteiger charge is 2.40. The Kier molecular flexibility index (Phi) is 2.58. The van der Waals surface area contributed by atoms with Gasteiger partial charge in [0, 0.05) is 6.42 Å². The van der Waals surface area contributed by atoms with Crippen LogP contribution in [0.4, 0.5) is 0 Å². The maximum absolute atomic E-state index is 5.92. The predicted molar refractivity (Wildman–Crippen MR) is 50.6 cm³/mol. The van der Waals surface area contributed by atoms with Crippen LogP contribution >= 0.6 is 0 Å². The topological polar surface area (TPSA) is 21.7 Å². The van der Waals surface area contributed by atoms with Crippen LogP contribution in [0.15, 0.2) is 0 Å². The molecule has 1 spiro atoms. The van der Waals surface area contributed by atoms with E-state index in [1.165, 1.54) is 13.0 Å². The summed E-state index contributed by atoms with van der Waals surface area (Å²) in [7, 11) is 2.13. The minimum Gasteiger partial charge on any atom is -0.349 e. The molecule has 76 valence electrons. The van der Waals surface area contributed by atoms with E-state index in [2.05, 4.69) is 18.9 Å². The van der Waals surface area contributed by atoms with Gasteiger partial charge in [0.15, 0.2) is 5.79 Å². The fourth-order valence-corrected chi connectivity index (χ4v) is 2.27. The van der Waals surface area contributed by atoms with Gasteiger partial charge in [0.1, 0.15) is 0 Å². The summed E-state index contributed by atoms with van der Waals surface area (Å²) in [4.78, 5) is 2.29. The van der Waals surface area contributed by atoms with Gasteiger partial charge in [-0.25, -0.2) is 0 Å². The van der Waals surface area contributed by atoms with Crippen molar-refractivity contribution in [1.29, 1.82) is 0 Å². The van der Waals surface area contributed by atoms with Crippen molar-refractivity contribution in [2.75, 3.05) is 26.7 Å². The van der Waals surface area contributed by atoms with Gasteiger partial charge < -0.3 is 14.4 Å². The van der Waals surface area contributed by atoms with Crippen LogP contribution in [0.1, 0.15) is 26.2 Å². The van der Waals surface area contributed by atoms with Crippen LogP contribution in [0, 0.1) is 0 Å². The van der Waals surface area contributed by atoms with Crippen LogP contribution in [0.2, 0.25) is 0 Å². The summed E-state index contributed by atoms with van der Waals surface area (Å²) in [6.07, 6.45) is 3.64. The maximum atomic E-state index is 5.92. The lowest BCUT2D eigenvalue weighted by Gasteiger charge is -2.45. The highest BCUT2D eigenvalue weighted by atomic mass is 16.7. The molecule has 0 aliphatic carbocycles. The molecule has 2 atom stereocenters. The number of piperidine rings is 1. The van der Waals surface area contributed by atoms with Crippen molar-refractivity contribution in [1.82, 2.24) is 4.90 Å². The zero-order chi connectivity index (χ0) is 9.31. The number of ether oxygens (including phenoxy) is 2. The fraction of sp³-hybridized carbons (Fsp3) is 1.00. The molecule has 2 unspecified atom stereocenters. The van der Waals surface area contributed by atoms with Gasteiger partial charge in [-0.3, -0.25) is 0 Å². The van der Waals surface area contributed by atoms with Crippen LogP contribution in [-0.4, -0.2) is 43.5 Å².